The number of urea groups is 1. The van der Waals surface area contributed by atoms with E-state index in [1.165, 1.54) is 40.0 Å². The number of esters is 1. The lowest BCUT2D eigenvalue weighted by Gasteiger charge is -2.19. The molecule has 1 heterocycles. The largest absolute Gasteiger partial charge is 0.422 e. The maximum absolute atomic E-state index is 12.4. The van der Waals surface area contributed by atoms with Crippen molar-refractivity contribution in [3.05, 3.63) is 76.6 Å². The van der Waals surface area contributed by atoms with Gasteiger partial charge < -0.3 is 10.1 Å². The first kappa shape index (κ1) is 21.5. The van der Waals surface area contributed by atoms with Crippen LogP contribution in [-0.4, -0.2) is 39.8 Å². The first-order chi connectivity index (χ1) is 14.7. The van der Waals surface area contributed by atoms with E-state index in [1.54, 1.807) is 37.4 Å². The number of non-ortho nitro benzene ring substituents is 1. The minimum absolute atomic E-state index is 0.0111. The van der Waals surface area contributed by atoms with E-state index in [9.17, 15) is 19.7 Å². The molecule has 0 saturated carbocycles. The Labute approximate surface area is 178 Å². The fourth-order valence-electron chi connectivity index (χ4n) is 2.68. The van der Waals surface area contributed by atoms with E-state index < -0.39 is 10.9 Å². The number of nitro groups is 1. The monoisotopic (exact) mass is 423 g/mol. The van der Waals surface area contributed by atoms with Gasteiger partial charge in [0.15, 0.2) is 5.69 Å². The molecule has 2 amide bonds. The third kappa shape index (κ3) is 5.24. The van der Waals surface area contributed by atoms with Crippen LogP contribution in [0.5, 0.6) is 5.75 Å². The highest BCUT2D eigenvalue weighted by Crippen LogP contribution is 2.20. The summed E-state index contributed by atoms with van der Waals surface area (Å²) in [5.74, 6) is -0.390. The van der Waals surface area contributed by atoms with Crippen molar-refractivity contribution >= 4 is 23.4 Å². The molecule has 0 bridgehead atoms. The van der Waals surface area contributed by atoms with Crippen molar-refractivity contribution in [2.45, 2.75) is 19.9 Å². The third-order valence-corrected chi connectivity index (χ3v) is 4.25. The molecule has 10 heteroatoms. The SMILES string of the molecule is CC(C)NC(=O)N(C)c1ccc(OC(=O)c2ccn(-c3cccc([N+](=O)[O-])c3)n2)cc1. The Balaban J connectivity index is 1.68. The van der Waals surface area contributed by atoms with Crippen molar-refractivity contribution in [3.63, 3.8) is 0 Å². The number of hydrogen-bond donors (Lipinski definition) is 1. The van der Waals surface area contributed by atoms with Crippen molar-refractivity contribution in [2.75, 3.05) is 11.9 Å². The second kappa shape index (κ2) is 9.08. The fourth-order valence-corrected chi connectivity index (χ4v) is 2.68. The van der Waals surface area contributed by atoms with E-state index >= 15 is 0 Å². The molecule has 3 rings (SSSR count). The fraction of sp³-hybridized carbons (Fsp3) is 0.190. The molecule has 0 aliphatic carbocycles. The molecule has 1 N–H and O–H groups in total. The summed E-state index contributed by atoms with van der Waals surface area (Å²) in [4.78, 5) is 36.3. The van der Waals surface area contributed by atoms with Crippen LogP contribution in [0.2, 0.25) is 0 Å². The van der Waals surface area contributed by atoms with Crippen molar-refractivity contribution in [1.29, 1.82) is 0 Å². The van der Waals surface area contributed by atoms with E-state index in [0.717, 1.165) is 0 Å². The van der Waals surface area contributed by atoms with Gasteiger partial charge in [0, 0.05) is 37.1 Å². The normalized spacial score (nSPS) is 10.6. The van der Waals surface area contributed by atoms with Gasteiger partial charge in [-0.2, -0.15) is 5.10 Å². The van der Waals surface area contributed by atoms with Gasteiger partial charge in [-0.1, -0.05) is 6.07 Å². The van der Waals surface area contributed by atoms with Gasteiger partial charge in [-0.25, -0.2) is 14.3 Å². The summed E-state index contributed by atoms with van der Waals surface area (Å²) in [6, 6.07) is 13.6. The van der Waals surface area contributed by atoms with Gasteiger partial charge in [0.1, 0.15) is 5.75 Å². The minimum Gasteiger partial charge on any atom is -0.422 e. The van der Waals surface area contributed by atoms with Crippen LogP contribution in [0, 0.1) is 10.1 Å². The van der Waals surface area contributed by atoms with Crippen LogP contribution in [-0.2, 0) is 0 Å². The van der Waals surface area contributed by atoms with Crippen LogP contribution in [0.3, 0.4) is 0 Å². The lowest BCUT2D eigenvalue weighted by molar-refractivity contribution is -0.384. The van der Waals surface area contributed by atoms with Crippen LogP contribution in [0.4, 0.5) is 16.2 Å². The standard InChI is InChI=1S/C21H21N5O5/c1-14(2)22-21(28)24(3)15-7-9-18(10-8-15)31-20(27)19-11-12-25(23-19)16-5-4-6-17(13-16)26(29)30/h4-14H,1-3H3,(H,22,28). The predicted octanol–water partition coefficient (Wildman–Crippen LogP) is 3.55. The summed E-state index contributed by atoms with van der Waals surface area (Å²) in [6.45, 7) is 3.74. The van der Waals surface area contributed by atoms with Crippen LogP contribution in [0.15, 0.2) is 60.8 Å². The number of rotatable bonds is 6. The second-order valence-electron chi connectivity index (χ2n) is 6.97. The number of carbonyl (C=O) groups is 2. The first-order valence-electron chi connectivity index (χ1n) is 9.41. The average Bonchev–Trinajstić information content (AvgIpc) is 3.24. The van der Waals surface area contributed by atoms with Gasteiger partial charge in [-0.3, -0.25) is 15.0 Å². The van der Waals surface area contributed by atoms with E-state index in [2.05, 4.69) is 10.4 Å². The maximum atomic E-state index is 12.4. The summed E-state index contributed by atoms with van der Waals surface area (Å²) in [5, 5.41) is 17.8. The number of carbonyl (C=O) groups excluding carboxylic acids is 2. The van der Waals surface area contributed by atoms with Crippen LogP contribution < -0.4 is 15.0 Å². The quantitative estimate of drug-likeness (QED) is 0.280. The molecule has 160 valence electrons. The average molecular weight is 423 g/mol. The van der Waals surface area contributed by atoms with Crippen LogP contribution >= 0.6 is 0 Å². The maximum Gasteiger partial charge on any atom is 0.364 e. The smallest absolute Gasteiger partial charge is 0.364 e. The van der Waals surface area contributed by atoms with Crippen LogP contribution in [0.1, 0.15) is 24.3 Å². The number of amides is 2. The highest BCUT2D eigenvalue weighted by Gasteiger charge is 2.16. The Kier molecular flexibility index (Phi) is 6.29. The van der Waals surface area contributed by atoms with Gasteiger partial charge in [0.05, 0.1) is 10.6 Å². The highest BCUT2D eigenvalue weighted by atomic mass is 16.6. The molecule has 0 spiro atoms. The molecule has 0 aliphatic heterocycles. The van der Waals surface area contributed by atoms with Gasteiger partial charge in [0.25, 0.3) is 5.69 Å². The Morgan fingerprint density at radius 2 is 1.87 bits per heavy atom. The number of nitrogens with one attached hydrogen (secondary N) is 1. The third-order valence-electron chi connectivity index (χ3n) is 4.25. The van der Waals surface area contributed by atoms with Crippen molar-refractivity contribution in [2.24, 2.45) is 0 Å². The lowest BCUT2D eigenvalue weighted by atomic mass is 10.3. The molecule has 3 aromatic rings. The highest BCUT2D eigenvalue weighted by molar-refractivity contribution is 5.92. The number of hydrogen-bond acceptors (Lipinski definition) is 6. The molecule has 1 aromatic heterocycles. The summed E-state index contributed by atoms with van der Waals surface area (Å²) in [7, 11) is 1.64. The number of nitrogens with zero attached hydrogens (tertiary/aromatic N) is 4. The Hall–Kier alpha value is -4.21. The zero-order valence-corrected chi connectivity index (χ0v) is 17.2. The molecule has 0 fully saturated rings. The van der Waals surface area contributed by atoms with E-state index in [0.29, 0.717) is 11.4 Å². The Morgan fingerprint density at radius 3 is 2.52 bits per heavy atom. The molecule has 0 unspecified atom stereocenters. The predicted molar refractivity (Wildman–Crippen MR) is 114 cm³/mol. The zero-order valence-electron chi connectivity index (χ0n) is 17.2. The molecular formula is C21H21N5O5. The minimum atomic E-state index is -0.678. The number of benzene rings is 2. The molecule has 0 atom stereocenters. The summed E-state index contributed by atoms with van der Waals surface area (Å²) in [6.07, 6.45) is 1.51. The van der Waals surface area contributed by atoms with Crippen molar-refractivity contribution in [3.8, 4) is 11.4 Å². The first-order valence-corrected chi connectivity index (χ1v) is 9.41. The Bertz CT molecular complexity index is 1110. The Morgan fingerprint density at radius 1 is 1.16 bits per heavy atom. The van der Waals surface area contributed by atoms with Gasteiger partial charge in [-0.15, -0.1) is 0 Å². The molecule has 0 aliphatic rings. The van der Waals surface area contributed by atoms with Crippen molar-refractivity contribution < 1.29 is 19.2 Å². The van der Waals surface area contributed by atoms with Crippen molar-refractivity contribution in [1.82, 2.24) is 15.1 Å². The number of nitro benzene ring substituents is 1. The number of ether oxygens (including phenoxy) is 1. The summed E-state index contributed by atoms with van der Waals surface area (Å²) >= 11 is 0. The zero-order chi connectivity index (χ0) is 22.5. The number of anilines is 1. The molecule has 2 aromatic carbocycles. The van der Waals surface area contributed by atoms with E-state index in [4.69, 9.17) is 4.74 Å². The van der Waals surface area contributed by atoms with E-state index in [1.807, 2.05) is 13.8 Å². The van der Waals surface area contributed by atoms with Crippen LogP contribution in [0.25, 0.3) is 5.69 Å². The molecule has 10 nitrogen and oxygen atoms in total. The molecule has 0 radical (unpaired) electrons. The lowest BCUT2D eigenvalue weighted by Crippen LogP contribution is -2.40. The summed E-state index contributed by atoms with van der Waals surface area (Å²) < 4.78 is 6.69. The van der Waals surface area contributed by atoms with Gasteiger partial charge in [-0.05, 0) is 50.2 Å². The van der Waals surface area contributed by atoms with Gasteiger partial charge >= 0.3 is 12.0 Å². The van der Waals surface area contributed by atoms with Gasteiger partial charge in [0.2, 0.25) is 0 Å². The number of aromatic nitrogens is 2. The topological polar surface area (TPSA) is 120 Å². The molecule has 0 saturated heterocycles. The molecule has 31 heavy (non-hydrogen) atoms. The van der Waals surface area contributed by atoms with E-state index in [-0.39, 0.29) is 29.2 Å². The summed E-state index contributed by atoms with van der Waals surface area (Å²) in [5.41, 5.74) is 1.04. The second-order valence-corrected chi connectivity index (χ2v) is 6.97. The molecular weight excluding hydrogens is 402 g/mol.